The van der Waals surface area contributed by atoms with Gasteiger partial charge in [-0.25, -0.2) is 0 Å². The first-order valence-corrected chi connectivity index (χ1v) is 16.2. The number of Topliss-reactive ketones (excluding diaryl/α,β-unsaturated/α-hetero) is 2. The van der Waals surface area contributed by atoms with Gasteiger partial charge in [-0.2, -0.15) is 0 Å². The molecule has 46 heavy (non-hydrogen) atoms. The highest BCUT2D eigenvalue weighted by Gasteiger charge is 2.49. The van der Waals surface area contributed by atoms with E-state index in [1.807, 2.05) is 65.0 Å². The number of carbonyl (C=O) groups is 3. The lowest BCUT2D eigenvalue weighted by Crippen LogP contribution is -2.45. The summed E-state index contributed by atoms with van der Waals surface area (Å²) in [6.45, 7) is 10.3. The van der Waals surface area contributed by atoms with Gasteiger partial charge in [0.25, 0.3) is 0 Å². The van der Waals surface area contributed by atoms with Crippen LogP contribution < -0.4 is 9.47 Å². The Balaban J connectivity index is 1.49. The highest BCUT2D eigenvalue weighted by atomic mass is 35.5. The largest absolute Gasteiger partial charge is 0.490 e. The first kappa shape index (κ1) is 31.9. The molecule has 2 aliphatic carbocycles. The quantitative estimate of drug-likeness (QED) is 0.265. The molecule has 1 heterocycles. The molecule has 8 heteroatoms. The van der Waals surface area contributed by atoms with Crippen LogP contribution in [-0.4, -0.2) is 40.7 Å². The van der Waals surface area contributed by atoms with E-state index in [4.69, 9.17) is 21.1 Å². The number of halogens is 1. The summed E-state index contributed by atoms with van der Waals surface area (Å²) in [6, 6.07) is 17.8. The minimum atomic E-state index is -1.02. The molecule has 0 aromatic heterocycles. The highest BCUT2D eigenvalue weighted by molar-refractivity contribution is 6.32. The minimum Gasteiger partial charge on any atom is -0.490 e. The molecule has 3 aromatic rings. The number of carboxylic acids is 1. The molecule has 0 saturated heterocycles. The van der Waals surface area contributed by atoms with E-state index in [1.165, 1.54) is 0 Å². The first-order chi connectivity index (χ1) is 21.8. The maximum Gasteiger partial charge on any atom is 0.323 e. The summed E-state index contributed by atoms with van der Waals surface area (Å²) in [5.41, 5.74) is 3.26. The highest BCUT2D eigenvalue weighted by Crippen LogP contribution is 2.55. The summed E-state index contributed by atoms with van der Waals surface area (Å²) in [6.07, 6.45) is 1.62. The third-order valence-corrected chi connectivity index (χ3v) is 9.51. The zero-order valence-electron chi connectivity index (χ0n) is 27.0. The fraction of sp³-hybridized carbons (Fsp3) is 0.395. The maximum atomic E-state index is 14.0. The van der Waals surface area contributed by atoms with Crippen LogP contribution in [-0.2, 0) is 21.0 Å². The second-order valence-electron chi connectivity index (χ2n) is 14.2. The molecule has 0 saturated carbocycles. The molecular weight excluding hydrogens is 602 g/mol. The zero-order valence-corrected chi connectivity index (χ0v) is 27.8. The molecule has 7 nitrogen and oxygen atoms in total. The third kappa shape index (κ3) is 5.93. The molecule has 0 radical (unpaired) electrons. The van der Waals surface area contributed by atoms with E-state index >= 15 is 0 Å². The molecular formula is C38H40ClNO6. The van der Waals surface area contributed by atoms with Gasteiger partial charge >= 0.3 is 5.97 Å². The molecule has 0 amide bonds. The lowest BCUT2D eigenvalue weighted by molar-refractivity contribution is -0.138. The van der Waals surface area contributed by atoms with Crippen LogP contribution in [0.25, 0.3) is 10.8 Å². The van der Waals surface area contributed by atoms with Crippen LogP contribution in [0.1, 0.15) is 77.3 Å². The van der Waals surface area contributed by atoms with Gasteiger partial charge in [0.05, 0.1) is 11.6 Å². The molecule has 3 aliphatic rings. The van der Waals surface area contributed by atoms with E-state index in [0.717, 1.165) is 16.3 Å². The average Bonchev–Trinajstić information content (AvgIpc) is 2.96. The number of hydrogen-bond acceptors (Lipinski definition) is 6. The van der Waals surface area contributed by atoms with Gasteiger partial charge in [0, 0.05) is 41.3 Å². The Morgan fingerprint density at radius 2 is 1.50 bits per heavy atom. The van der Waals surface area contributed by atoms with Crippen molar-refractivity contribution in [1.82, 2.24) is 4.90 Å². The number of ketones is 2. The average molecular weight is 642 g/mol. The number of allylic oxidation sites excluding steroid dienone is 4. The van der Waals surface area contributed by atoms with Gasteiger partial charge in [-0.15, -0.1) is 0 Å². The van der Waals surface area contributed by atoms with E-state index in [2.05, 4.69) is 18.2 Å². The van der Waals surface area contributed by atoms with Crippen LogP contribution in [0.5, 0.6) is 11.5 Å². The van der Waals surface area contributed by atoms with Crippen LogP contribution >= 0.6 is 11.6 Å². The van der Waals surface area contributed by atoms with E-state index in [0.29, 0.717) is 76.9 Å². The second kappa shape index (κ2) is 11.9. The molecule has 1 N–H and O–H groups in total. The summed E-state index contributed by atoms with van der Waals surface area (Å²) in [5, 5.41) is 12.5. The molecule has 240 valence electrons. The van der Waals surface area contributed by atoms with Crippen molar-refractivity contribution in [3.05, 3.63) is 93.3 Å². The molecule has 6 rings (SSSR count). The van der Waals surface area contributed by atoms with Crippen LogP contribution in [0.3, 0.4) is 0 Å². The number of hydrogen-bond donors (Lipinski definition) is 1. The Kier molecular flexibility index (Phi) is 8.26. The number of benzene rings is 3. The molecule has 0 spiro atoms. The van der Waals surface area contributed by atoms with Gasteiger partial charge in [0.2, 0.25) is 0 Å². The van der Waals surface area contributed by atoms with E-state index in [-0.39, 0.29) is 35.5 Å². The summed E-state index contributed by atoms with van der Waals surface area (Å²) in [4.78, 5) is 42.0. The molecule has 0 fully saturated rings. The maximum absolute atomic E-state index is 14.0. The number of carbonyl (C=O) groups excluding carboxylic acids is 2. The zero-order chi connectivity index (χ0) is 33.0. The van der Waals surface area contributed by atoms with Gasteiger partial charge in [0.15, 0.2) is 23.1 Å². The van der Waals surface area contributed by atoms with Gasteiger partial charge in [-0.3, -0.25) is 14.4 Å². The normalized spacial score (nSPS) is 19.3. The topological polar surface area (TPSA) is 93.1 Å². The van der Waals surface area contributed by atoms with Crippen molar-refractivity contribution in [2.75, 3.05) is 13.2 Å². The van der Waals surface area contributed by atoms with Crippen LogP contribution in [0.15, 0.2) is 77.1 Å². The fourth-order valence-corrected chi connectivity index (χ4v) is 7.71. The summed E-state index contributed by atoms with van der Waals surface area (Å²) < 4.78 is 12.4. The third-order valence-electron chi connectivity index (χ3n) is 9.23. The number of aliphatic carboxylic acids is 1. The molecule has 1 aliphatic heterocycles. The Morgan fingerprint density at radius 3 is 2.11 bits per heavy atom. The molecule has 0 bridgehead atoms. The SMILES string of the molecule is CCOc1cc(C2C3=C(CC(C)(C)CC3=O)N(CC(=O)O)C3=C2C(=O)CC(C)(C)C3)cc(Cl)c1OCc1cccc2ccccc12. The molecule has 0 atom stereocenters. The van der Waals surface area contributed by atoms with Crippen LogP contribution in [0.4, 0.5) is 0 Å². The summed E-state index contributed by atoms with van der Waals surface area (Å²) in [5.74, 6) is -1.06. The van der Waals surface area contributed by atoms with Crippen molar-refractivity contribution >= 4 is 39.9 Å². The van der Waals surface area contributed by atoms with Gasteiger partial charge in [0.1, 0.15) is 13.2 Å². The van der Waals surface area contributed by atoms with Crippen molar-refractivity contribution in [3.8, 4) is 11.5 Å². The predicted molar refractivity (Wildman–Crippen MR) is 178 cm³/mol. The lowest BCUT2D eigenvalue weighted by atomic mass is 9.63. The van der Waals surface area contributed by atoms with Crippen LogP contribution in [0.2, 0.25) is 5.02 Å². The molecule has 3 aromatic carbocycles. The summed E-state index contributed by atoms with van der Waals surface area (Å²) >= 11 is 6.99. The van der Waals surface area contributed by atoms with E-state index in [1.54, 1.807) is 11.0 Å². The Labute approximate surface area is 274 Å². The predicted octanol–water partition coefficient (Wildman–Crippen LogP) is 8.24. The number of fused-ring (bicyclic) bond motifs is 1. The number of ether oxygens (including phenoxy) is 2. The number of nitrogens with zero attached hydrogens (tertiary/aromatic N) is 1. The van der Waals surface area contributed by atoms with Crippen molar-refractivity contribution in [1.29, 1.82) is 0 Å². The molecule has 0 unspecified atom stereocenters. The smallest absolute Gasteiger partial charge is 0.323 e. The second-order valence-corrected chi connectivity index (χ2v) is 14.6. The van der Waals surface area contributed by atoms with Crippen molar-refractivity contribution in [2.24, 2.45) is 10.8 Å². The summed E-state index contributed by atoms with van der Waals surface area (Å²) in [7, 11) is 0. The van der Waals surface area contributed by atoms with Gasteiger partial charge in [-0.05, 0) is 64.6 Å². The standard InChI is InChI=1S/C38H40ClNO6/c1-6-45-31-15-24(14-26(39)36(31)46-21-23-12-9-11-22-10-7-8-13-25(22)23)33-34-27(16-37(2,3)18-29(34)41)40(20-32(43)44)28-17-38(4,5)19-30(42)35(28)33/h7-15,33H,6,16-21H2,1-5H3,(H,43,44). The van der Waals surface area contributed by atoms with E-state index in [9.17, 15) is 19.5 Å². The minimum absolute atomic E-state index is 0.0822. The lowest BCUT2D eigenvalue weighted by Gasteiger charge is -2.48. The Bertz CT molecular complexity index is 1770. The van der Waals surface area contributed by atoms with Crippen LogP contribution in [0, 0.1) is 10.8 Å². The van der Waals surface area contributed by atoms with Crippen molar-refractivity contribution in [3.63, 3.8) is 0 Å². The van der Waals surface area contributed by atoms with Crippen molar-refractivity contribution in [2.45, 2.75) is 72.8 Å². The van der Waals surface area contributed by atoms with Gasteiger partial charge < -0.3 is 19.5 Å². The van der Waals surface area contributed by atoms with Crippen molar-refractivity contribution < 1.29 is 29.0 Å². The van der Waals surface area contributed by atoms with Gasteiger partial charge in [-0.1, -0.05) is 81.8 Å². The monoisotopic (exact) mass is 641 g/mol. The number of carboxylic acid groups (broad SMARTS) is 1. The Hall–Kier alpha value is -4.10. The van der Waals surface area contributed by atoms with E-state index < -0.39 is 11.9 Å². The number of rotatable bonds is 8. The first-order valence-electron chi connectivity index (χ1n) is 15.9. The Morgan fingerprint density at radius 1 is 0.891 bits per heavy atom. The fourth-order valence-electron chi connectivity index (χ4n) is 7.43.